The van der Waals surface area contributed by atoms with Crippen molar-refractivity contribution in [2.24, 2.45) is 0 Å². The first-order chi connectivity index (χ1) is 15.8. The van der Waals surface area contributed by atoms with E-state index < -0.39 is 0 Å². The van der Waals surface area contributed by atoms with Crippen LogP contribution in [0, 0.1) is 0 Å². The summed E-state index contributed by atoms with van der Waals surface area (Å²) in [6, 6.07) is 25.1. The average Bonchev–Trinajstić information content (AvgIpc) is 2.85. The van der Waals surface area contributed by atoms with Gasteiger partial charge in [-0.15, -0.1) is 11.8 Å². The highest BCUT2D eigenvalue weighted by atomic mass is 32.2. The lowest BCUT2D eigenvalue weighted by Gasteiger charge is -2.12. The molecule has 0 fully saturated rings. The molecule has 0 saturated heterocycles. The smallest absolute Gasteiger partial charge is 0.118 e. The zero-order valence-electron chi connectivity index (χ0n) is 18.8. The van der Waals surface area contributed by atoms with Gasteiger partial charge in [-0.1, -0.05) is 36.4 Å². The van der Waals surface area contributed by atoms with Crippen LogP contribution in [0.1, 0.15) is 11.1 Å². The Labute approximate surface area is 200 Å². The quantitative estimate of drug-likeness (QED) is 0.226. The number of benzene rings is 3. The van der Waals surface area contributed by atoms with Gasteiger partial charge in [0.15, 0.2) is 0 Å². The minimum atomic E-state index is 0.896. The van der Waals surface area contributed by atoms with Crippen LogP contribution in [0.5, 0.6) is 11.5 Å². The van der Waals surface area contributed by atoms with Crippen molar-refractivity contribution < 1.29 is 9.47 Å². The maximum absolute atomic E-state index is 5.24. The highest BCUT2D eigenvalue weighted by Crippen LogP contribution is 2.30. The van der Waals surface area contributed by atoms with E-state index in [9.17, 15) is 0 Å². The number of nitrogens with one attached hydrogen (secondary N) is 2. The minimum Gasteiger partial charge on any atom is -0.497 e. The summed E-state index contributed by atoms with van der Waals surface area (Å²) in [6.45, 7) is 2.86. The van der Waals surface area contributed by atoms with Gasteiger partial charge in [-0.3, -0.25) is 0 Å². The zero-order valence-corrected chi connectivity index (χ0v) is 20.4. The van der Waals surface area contributed by atoms with Gasteiger partial charge in [0, 0.05) is 47.5 Å². The van der Waals surface area contributed by atoms with Gasteiger partial charge in [0.2, 0.25) is 0 Å². The van der Waals surface area contributed by atoms with Gasteiger partial charge < -0.3 is 20.1 Å². The van der Waals surface area contributed by atoms with Crippen LogP contribution < -0.4 is 20.1 Å². The van der Waals surface area contributed by atoms with E-state index >= 15 is 0 Å². The summed E-state index contributed by atoms with van der Waals surface area (Å²) in [5, 5.41) is 7.10. The molecule has 0 atom stereocenters. The Morgan fingerprint density at radius 1 is 0.688 bits per heavy atom. The third-order valence-corrected chi connectivity index (χ3v) is 7.08. The van der Waals surface area contributed by atoms with Crippen LogP contribution in [0.15, 0.2) is 77.7 Å². The molecular formula is C26H32N2O2S2. The molecular weight excluding hydrogens is 436 g/mol. The molecule has 0 bridgehead atoms. The first kappa shape index (κ1) is 24.4. The fourth-order valence-electron chi connectivity index (χ4n) is 3.09. The van der Waals surface area contributed by atoms with Crippen molar-refractivity contribution >= 4 is 29.2 Å². The van der Waals surface area contributed by atoms with E-state index in [1.54, 1.807) is 14.2 Å². The topological polar surface area (TPSA) is 42.5 Å². The molecule has 0 aromatic heterocycles. The van der Waals surface area contributed by atoms with Gasteiger partial charge in [-0.25, -0.2) is 0 Å². The van der Waals surface area contributed by atoms with Gasteiger partial charge in [0.25, 0.3) is 0 Å². The van der Waals surface area contributed by atoms with Crippen molar-refractivity contribution in [2.45, 2.75) is 16.4 Å². The molecule has 0 unspecified atom stereocenters. The SMILES string of the molecule is COc1ccc(CSCCNCCNc2ccccc2SCc2ccc(OC)cc2)cc1. The summed E-state index contributed by atoms with van der Waals surface area (Å²) in [6.07, 6.45) is 0. The summed E-state index contributed by atoms with van der Waals surface area (Å²) < 4.78 is 10.4. The van der Waals surface area contributed by atoms with Crippen LogP contribution in [-0.2, 0) is 11.5 Å². The number of methoxy groups -OCH3 is 2. The average molecular weight is 469 g/mol. The second-order valence-corrected chi connectivity index (χ2v) is 9.33. The first-order valence-electron chi connectivity index (χ1n) is 10.8. The molecule has 3 aromatic rings. The summed E-state index contributed by atoms with van der Waals surface area (Å²) in [5.41, 5.74) is 3.82. The number of para-hydroxylation sites is 1. The third kappa shape index (κ3) is 8.34. The molecule has 0 amide bonds. The molecule has 0 spiro atoms. The predicted octanol–water partition coefficient (Wildman–Crippen LogP) is 5.93. The molecule has 0 saturated carbocycles. The Morgan fingerprint density at radius 3 is 1.97 bits per heavy atom. The number of hydrogen-bond donors (Lipinski definition) is 2. The van der Waals surface area contributed by atoms with E-state index in [0.717, 1.165) is 48.4 Å². The molecule has 6 heteroatoms. The predicted molar refractivity (Wildman–Crippen MR) is 140 cm³/mol. The standard InChI is InChI=1S/C26H32N2O2S2/c1-29-23-11-7-21(8-12-23)19-31-18-17-27-15-16-28-25-5-3-4-6-26(25)32-20-22-9-13-24(30-2)14-10-22/h3-14,27-28H,15-20H2,1-2H3. The van der Waals surface area contributed by atoms with Crippen molar-refractivity contribution in [3.8, 4) is 11.5 Å². The van der Waals surface area contributed by atoms with Crippen molar-refractivity contribution in [1.29, 1.82) is 0 Å². The second kappa shape index (κ2) is 14.0. The van der Waals surface area contributed by atoms with Gasteiger partial charge in [0.05, 0.1) is 14.2 Å². The lowest BCUT2D eigenvalue weighted by atomic mass is 10.2. The number of rotatable bonds is 14. The largest absolute Gasteiger partial charge is 0.497 e. The molecule has 4 nitrogen and oxygen atoms in total. The molecule has 2 N–H and O–H groups in total. The molecule has 0 radical (unpaired) electrons. The maximum atomic E-state index is 5.24. The summed E-state index contributed by atoms with van der Waals surface area (Å²) in [4.78, 5) is 1.28. The summed E-state index contributed by atoms with van der Waals surface area (Å²) in [5.74, 6) is 4.87. The number of thioether (sulfide) groups is 2. The molecule has 3 rings (SSSR count). The highest BCUT2D eigenvalue weighted by Gasteiger charge is 2.03. The molecule has 32 heavy (non-hydrogen) atoms. The van der Waals surface area contributed by atoms with E-state index in [1.165, 1.54) is 21.7 Å². The zero-order chi connectivity index (χ0) is 22.4. The molecule has 0 aliphatic rings. The Balaban J connectivity index is 1.30. The third-order valence-electron chi connectivity index (χ3n) is 4.91. The van der Waals surface area contributed by atoms with Crippen molar-refractivity contribution in [3.05, 3.63) is 83.9 Å². The summed E-state index contributed by atoms with van der Waals surface area (Å²) >= 11 is 3.80. The van der Waals surface area contributed by atoms with E-state index in [4.69, 9.17) is 9.47 Å². The molecule has 0 heterocycles. The fourth-order valence-corrected chi connectivity index (χ4v) is 4.93. The number of hydrogen-bond acceptors (Lipinski definition) is 6. The van der Waals surface area contributed by atoms with Gasteiger partial charge in [-0.05, 0) is 47.5 Å². The van der Waals surface area contributed by atoms with E-state index in [2.05, 4.69) is 59.2 Å². The Morgan fingerprint density at radius 2 is 1.31 bits per heavy atom. The first-order valence-corrected chi connectivity index (χ1v) is 12.9. The normalized spacial score (nSPS) is 10.7. The van der Waals surface area contributed by atoms with E-state index in [0.29, 0.717) is 0 Å². The monoisotopic (exact) mass is 468 g/mol. The number of anilines is 1. The van der Waals surface area contributed by atoms with Crippen molar-refractivity contribution in [3.63, 3.8) is 0 Å². The fraction of sp³-hybridized carbons (Fsp3) is 0.308. The maximum Gasteiger partial charge on any atom is 0.118 e. The van der Waals surface area contributed by atoms with Crippen LogP contribution in [0.4, 0.5) is 5.69 Å². The molecule has 0 aliphatic heterocycles. The minimum absolute atomic E-state index is 0.896. The Hall–Kier alpha value is -2.28. The summed E-state index contributed by atoms with van der Waals surface area (Å²) in [7, 11) is 3.40. The van der Waals surface area contributed by atoms with Crippen LogP contribution in [0.2, 0.25) is 0 Å². The highest BCUT2D eigenvalue weighted by molar-refractivity contribution is 7.98. The van der Waals surface area contributed by atoms with Gasteiger partial charge in [-0.2, -0.15) is 11.8 Å². The lowest BCUT2D eigenvalue weighted by molar-refractivity contribution is 0.414. The Bertz CT molecular complexity index is 918. The van der Waals surface area contributed by atoms with Crippen molar-refractivity contribution in [2.75, 3.05) is 44.9 Å². The van der Waals surface area contributed by atoms with Crippen molar-refractivity contribution in [1.82, 2.24) is 5.32 Å². The van der Waals surface area contributed by atoms with Gasteiger partial charge >= 0.3 is 0 Å². The van der Waals surface area contributed by atoms with Crippen LogP contribution in [-0.4, -0.2) is 39.6 Å². The second-order valence-electron chi connectivity index (χ2n) is 7.21. The molecule has 170 valence electrons. The lowest BCUT2D eigenvalue weighted by Crippen LogP contribution is -2.24. The molecule has 3 aromatic carbocycles. The van der Waals surface area contributed by atoms with E-state index in [1.807, 2.05) is 47.8 Å². The van der Waals surface area contributed by atoms with Crippen LogP contribution in [0.3, 0.4) is 0 Å². The molecule has 0 aliphatic carbocycles. The Kier molecular flexibility index (Phi) is 10.7. The van der Waals surface area contributed by atoms with E-state index in [-0.39, 0.29) is 0 Å². The van der Waals surface area contributed by atoms with Gasteiger partial charge in [0.1, 0.15) is 11.5 Å². The number of ether oxygens (including phenoxy) is 2. The van der Waals surface area contributed by atoms with Crippen LogP contribution >= 0.6 is 23.5 Å². The van der Waals surface area contributed by atoms with Crippen LogP contribution in [0.25, 0.3) is 0 Å².